The van der Waals surface area contributed by atoms with E-state index in [1.54, 1.807) is 16.6 Å². The molecule has 2 aromatic heterocycles. The number of fused-ring (bicyclic) bond motifs is 1. The maximum Gasteiger partial charge on any atom is 0.256 e. The molecular weight excluding hydrogens is 415 g/mol. The Labute approximate surface area is 184 Å². The van der Waals surface area contributed by atoms with E-state index in [0.717, 1.165) is 23.2 Å². The molecule has 2 aromatic carbocycles. The van der Waals surface area contributed by atoms with Crippen molar-refractivity contribution in [3.8, 4) is 0 Å². The Morgan fingerprint density at radius 3 is 2.61 bits per heavy atom. The first-order valence-electron chi connectivity index (χ1n) is 10.0. The van der Waals surface area contributed by atoms with Gasteiger partial charge < -0.3 is 5.32 Å². The van der Waals surface area contributed by atoms with Crippen LogP contribution in [0.25, 0.3) is 5.65 Å². The van der Waals surface area contributed by atoms with Crippen molar-refractivity contribution in [2.75, 3.05) is 6.54 Å². The molecule has 0 radical (unpaired) electrons. The first-order valence-corrected chi connectivity index (χ1v) is 10.4. The smallest absolute Gasteiger partial charge is 0.256 e. The molecule has 0 saturated carbocycles. The molecule has 0 unspecified atom stereocenters. The van der Waals surface area contributed by atoms with Crippen molar-refractivity contribution in [1.29, 1.82) is 0 Å². The lowest BCUT2D eigenvalue weighted by Crippen LogP contribution is -2.25. The van der Waals surface area contributed by atoms with Crippen LogP contribution < -0.4 is 5.32 Å². The number of nitrogens with zero attached hydrogens (tertiary/aromatic N) is 3. The molecule has 0 fully saturated rings. The van der Waals surface area contributed by atoms with Gasteiger partial charge in [0.05, 0.1) is 6.20 Å². The third kappa shape index (κ3) is 4.30. The molecule has 0 spiro atoms. The summed E-state index contributed by atoms with van der Waals surface area (Å²) in [5, 5.41) is 7.67. The van der Waals surface area contributed by atoms with Crippen LogP contribution in [-0.4, -0.2) is 27.0 Å². The maximum absolute atomic E-state index is 14.3. The van der Waals surface area contributed by atoms with Crippen molar-refractivity contribution in [1.82, 2.24) is 19.9 Å². The van der Waals surface area contributed by atoms with Crippen molar-refractivity contribution >= 4 is 23.2 Å². The highest BCUT2D eigenvalue weighted by Gasteiger charge is 2.19. The molecule has 4 aromatic rings. The molecule has 1 amide bonds. The Hall–Kier alpha value is -3.25. The standard InChI is InChI=1S/C24H22ClFN4O/c1-15-18(13-19-21(25)9-6-10-22(19)26)16(2)30-23(29-15)20(14-28-30)24(31)27-12-11-17-7-4-3-5-8-17/h3-10,14H,11-13H2,1-2H3,(H,27,31). The van der Waals surface area contributed by atoms with Gasteiger partial charge in [0.2, 0.25) is 0 Å². The second-order valence-corrected chi connectivity index (χ2v) is 7.83. The predicted molar refractivity (Wildman–Crippen MR) is 119 cm³/mol. The SMILES string of the molecule is Cc1nc2c(C(=O)NCCc3ccccc3)cnn2c(C)c1Cc1c(F)cccc1Cl. The van der Waals surface area contributed by atoms with Crippen LogP contribution in [0, 0.1) is 19.7 Å². The van der Waals surface area contributed by atoms with Crippen LogP contribution >= 0.6 is 11.6 Å². The number of aromatic nitrogens is 3. The molecule has 0 aliphatic rings. The fourth-order valence-electron chi connectivity index (χ4n) is 3.67. The van der Waals surface area contributed by atoms with Gasteiger partial charge in [-0.3, -0.25) is 4.79 Å². The number of halogens is 2. The number of nitrogens with one attached hydrogen (secondary N) is 1. The number of carbonyl (C=O) groups is 1. The molecular formula is C24H22ClFN4O. The van der Waals surface area contributed by atoms with E-state index in [-0.39, 0.29) is 11.7 Å². The van der Waals surface area contributed by atoms with Crippen molar-refractivity contribution < 1.29 is 9.18 Å². The van der Waals surface area contributed by atoms with Gasteiger partial charge in [-0.25, -0.2) is 13.9 Å². The lowest BCUT2D eigenvalue weighted by Gasteiger charge is -2.13. The molecule has 5 nitrogen and oxygen atoms in total. The molecule has 0 bridgehead atoms. The highest BCUT2D eigenvalue weighted by Crippen LogP contribution is 2.26. The number of benzene rings is 2. The normalized spacial score (nSPS) is 11.1. The van der Waals surface area contributed by atoms with Crippen LogP contribution in [0.4, 0.5) is 4.39 Å². The quantitative estimate of drug-likeness (QED) is 0.476. The molecule has 0 aliphatic carbocycles. The Kier molecular flexibility index (Phi) is 6.00. The number of hydrogen-bond acceptors (Lipinski definition) is 3. The van der Waals surface area contributed by atoms with Gasteiger partial charge in [0, 0.05) is 34.9 Å². The maximum atomic E-state index is 14.3. The Balaban J connectivity index is 1.58. The first-order chi connectivity index (χ1) is 15.0. The third-order valence-electron chi connectivity index (χ3n) is 5.41. The van der Waals surface area contributed by atoms with E-state index < -0.39 is 0 Å². The monoisotopic (exact) mass is 436 g/mol. The van der Waals surface area contributed by atoms with Gasteiger partial charge in [0.25, 0.3) is 5.91 Å². The van der Waals surface area contributed by atoms with E-state index in [4.69, 9.17) is 11.6 Å². The van der Waals surface area contributed by atoms with Crippen molar-refractivity contribution in [2.45, 2.75) is 26.7 Å². The van der Waals surface area contributed by atoms with E-state index in [2.05, 4.69) is 15.4 Å². The molecule has 4 rings (SSSR count). The second kappa shape index (κ2) is 8.86. The van der Waals surface area contributed by atoms with Gasteiger partial charge in [0.1, 0.15) is 11.4 Å². The largest absolute Gasteiger partial charge is 0.352 e. The molecule has 0 aliphatic heterocycles. The molecule has 1 N–H and O–H groups in total. The minimum Gasteiger partial charge on any atom is -0.352 e. The van der Waals surface area contributed by atoms with E-state index in [1.165, 1.54) is 12.3 Å². The van der Waals surface area contributed by atoms with Gasteiger partial charge >= 0.3 is 0 Å². The van der Waals surface area contributed by atoms with Gasteiger partial charge in [0.15, 0.2) is 5.65 Å². The van der Waals surface area contributed by atoms with Gasteiger partial charge in [-0.05, 0) is 43.5 Å². The van der Waals surface area contributed by atoms with Gasteiger partial charge in [-0.15, -0.1) is 0 Å². The lowest BCUT2D eigenvalue weighted by atomic mass is 10.0. The average Bonchev–Trinajstić information content (AvgIpc) is 3.17. The first kappa shape index (κ1) is 21.0. The molecule has 158 valence electrons. The zero-order valence-corrected chi connectivity index (χ0v) is 18.1. The predicted octanol–water partition coefficient (Wildman–Crippen LogP) is 4.70. The fourth-order valence-corrected chi connectivity index (χ4v) is 3.90. The average molecular weight is 437 g/mol. The van der Waals surface area contributed by atoms with E-state index >= 15 is 0 Å². The highest BCUT2D eigenvalue weighted by atomic mass is 35.5. The minimum atomic E-state index is -0.356. The topological polar surface area (TPSA) is 59.3 Å². The summed E-state index contributed by atoms with van der Waals surface area (Å²) in [5.74, 6) is -0.576. The number of rotatable bonds is 6. The molecule has 0 saturated heterocycles. The van der Waals surface area contributed by atoms with Crippen molar-refractivity contribution in [3.05, 3.63) is 99.2 Å². The fraction of sp³-hybridized carbons (Fsp3) is 0.208. The van der Waals surface area contributed by atoms with Crippen LogP contribution in [0.15, 0.2) is 54.7 Å². The Morgan fingerprint density at radius 1 is 1.10 bits per heavy atom. The Morgan fingerprint density at radius 2 is 1.87 bits per heavy atom. The highest BCUT2D eigenvalue weighted by molar-refractivity contribution is 6.31. The number of aryl methyl sites for hydroxylation is 2. The summed E-state index contributed by atoms with van der Waals surface area (Å²) in [6.07, 6.45) is 2.56. The lowest BCUT2D eigenvalue weighted by molar-refractivity contribution is 0.0955. The summed E-state index contributed by atoms with van der Waals surface area (Å²) < 4.78 is 15.9. The van der Waals surface area contributed by atoms with E-state index in [0.29, 0.717) is 40.5 Å². The second-order valence-electron chi connectivity index (χ2n) is 7.42. The number of hydrogen-bond donors (Lipinski definition) is 1. The zero-order chi connectivity index (χ0) is 22.0. The van der Waals surface area contributed by atoms with Crippen LogP contribution in [0.1, 0.15) is 38.4 Å². The summed E-state index contributed by atoms with van der Waals surface area (Å²) in [4.78, 5) is 17.3. The molecule has 31 heavy (non-hydrogen) atoms. The minimum absolute atomic E-state index is 0.220. The van der Waals surface area contributed by atoms with Gasteiger partial charge in [-0.2, -0.15) is 5.10 Å². The summed E-state index contributed by atoms with van der Waals surface area (Å²) in [5.41, 5.74) is 4.81. The zero-order valence-electron chi connectivity index (χ0n) is 17.3. The number of amides is 1. The van der Waals surface area contributed by atoms with Crippen LogP contribution in [-0.2, 0) is 12.8 Å². The van der Waals surface area contributed by atoms with Crippen LogP contribution in [0.3, 0.4) is 0 Å². The third-order valence-corrected chi connectivity index (χ3v) is 5.76. The van der Waals surface area contributed by atoms with E-state index in [1.807, 2.05) is 44.2 Å². The van der Waals surface area contributed by atoms with Crippen molar-refractivity contribution in [2.24, 2.45) is 0 Å². The molecule has 2 heterocycles. The molecule has 7 heteroatoms. The number of carbonyl (C=O) groups excluding carboxylic acids is 1. The summed E-state index contributed by atoms with van der Waals surface area (Å²) in [6, 6.07) is 14.6. The van der Waals surface area contributed by atoms with Crippen LogP contribution in [0.5, 0.6) is 0 Å². The Bertz CT molecular complexity index is 1230. The molecule has 0 atom stereocenters. The summed E-state index contributed by atoms with van der Waals surface area (Å²) >= 11 is 6.21. The summed E-state index contributed by atoms with van der Waals surface area (Å²) in [6.45, 7) is 4.25. The van der Waals surface area contributed by atoms with Gasteiger partial charge in [-0.1, -0.05) is 48.0 Å². The van der Waals surface area contributed by atoms with E-state index in [9.17, 15) is 9.18 Å². The summed E-state index contributed by atoms with van der Waals surface area (Å²) in [7, 11) is 0. The van der Waals surface area contributed by atoms with Crippen molar-refractivity contribution in [3.63, 3.8) is 0 Å². The van der Waals surface area contributed by atoms with Crippen LogP contribution in [0.2, 0.25) is 5.02 Å².